The van der Waals surface area contributed by atoms with Crippen LogP contribution in [0, 0.1) is 13.8 Å². The maximum Gasteiger partial charge on any atom is 0.462 e. The van der Waals surface area contributed by atoms with Gasteiger partial charge in [-0.1, -0.05) is 30.9 Å². The molecule has 0 amide bonds. The molecule has 2 N–H and O–H groups in total. The average Bonchev–Trinajstić information content (AvgIpc) is 2.93. The second-order valence-corrected chi connectivity index (χ2v) is 7.54. The number of carbonyl (C=O) groups is 2. The van der Waals surface area contributed by atoms with Gasteiger partial charge in [0.25, 0.3) is 0 Å². The van der Waals surface area contributed by atoms with E-state index in [9.17, 15) is 13.9 Å². The van der Waals surface area contributed by atoms with E-state index in [4.69, 9.17) is 10.2 Å². The molecule has 5 nitrogen and oxygen atoms in total. The van der Waals surface area contributed by atoms with Crippen LogP contribution in [0.15, 0.2) is 48.6 Å². The van der Waals surface area contributed by atoms with Crippen molar-refractivity contribution in [3.8, 4) is 0 Å². The minimum Gasteiger partial charge on any atom is -0.481 e. The summed E-state index contributed by atoms with van der Waals surface area (Å²) in [6, 6.07) is 6.46. The first-order chi connectivity index (χ1) is 14.5. The molecule has 1 heterocycles. The highest BCUT2D eigenvalue weighted by molar-refractivity contribution is 6.48. The summed E-state index contributed by atoms with van der Waals surface area (Å²) in [5, 5.41) is 18.0. The summed E-state index contributed by atoms with van der Waals surface area (Å²) in [5.41, 5.74) is 5.78. The summed E-state index contributed by atoms with van der Waals surface area (Å²) < 4.78 is 16.0. The van der Waals surface area contributed by atoms with Gasteiger partial charge in [-0.15, -0.1) is 0 Å². The number of hydrogen-bond donors (Lipinski definition) is 2. The smallest absolute Gasteiger partial charge is 0.462 e. The van der Waals surface area contributed by atoms with Crippen molar-refractivity contribution in [1.29, 1.82) is 0 Å². The SMILES string of the molecule is C=C(/C=C\C(C)=C\c1c(C)c(CCC(=O)O)c(C)n1B(C)F)c1ccc(C(=O)O)cc1. The molecule has 2 rings (SSSR count). The van der Waals surface area contributed by atoms with Gasteiger partial charge >= 0.3 is 19.1 Å². The summed E-state index contributed by atoms with van der Waals surface area (Å²) in [4.78, 5) is 21.9. The van der Waals surface area contributed by atoms with Gasteiger partial charge in [0.2, 0.25) is 0 Å². The minimum absolute atomic E-state index is 0.00507. The Labute approximate surface area is 182 Å². The number of aromatic carboxylic acids is 1. The van der Waals surface area contributed by atoms with E-state index >= 15 is 0 Å². The topological polar surface area (TPSA) is 79.5 Å². The second-order valence-electron chi connectivity index (χ2n) is 7.54. The van der Waals surface area contributed by atoms with Crippen LogP contribution in [-0.4, -0.2) is 33.8 Å². The monoisotopic (exact) mass is 423 g/mol. The third-order valence-electron chi connectivity index (χ3n) is 5.25. The predicted octanol–water partition coefficient (Wildman–Crippen LogP) is 5.43. The van der Waals surface area contributed by atoms with Crippen molar-refractivity contribution in [3.05, 3.63) is 82.2 Å². The van der Waals surface area contributed by atoms with Crippen LogP contribution >= 0.6 is 0 Å². The van der Waals surface area contributed by atoms with E-state index in [1.165, 1.54) is 19.0 Å². The van der Waals surface area contributed by atoms with Crippen molar-refractivity contribution < 1.29 is 24.1 Å². The quantitative estimate of drug-likeness (QED) is 0.417. The van der Waals surface area contributed by atoms with Crippen LogP contribution in [0.5, 0.6) is 0 Å². The highest BCUT2D eigenvalue weighted by Crippen LogP contribution is 2.27. The fourth-order valence-corrected chi connectivity index (χ4v) is 3.59. The number of carboxylic acid groups (broad SMARTS) is 2. The van der Waals surface area contributed by atoms with Crippen molar-refractivity contribution in [2.75, 3.05) is 0 Å². The van der Waals surface area contributed by atoms with Crippen LogP contribution in [0.4, 0.5) is 4.32 Å². The van der Waals surface area contributed by atoms with Gasteiger partial charge in [-0.05, 0) is 80.1 Å². The number of rotatable bonds is 9. The van der Waals surface area contributed by atoms with Gasteiger partial charge < -0.3 is 19.0 Å². The Morgan fingerprint density at radius 3 is 2.23 bits per heavy atom. The van der Waals surface area contributed by atoms with Gasteiger partial charge in [0.05, 0.1) is 5.56 Å². The van der Waals surface area contributed by atoms with E-state index in [2.05, 4.69) is 6.58 Å². The normalized spacial score (nSPS) is 11.7. The van der Waals surface area contributed by atoms with E-state index < -0.39 is 19.1 Å². The largest absolute Gasteiger partial charge is 0.481 e. The zero-order valence-corrected chi connectivity index (χ0v) is 18.3. The first-order valence-corrected chi connectivity index (χ1v) is 9.98. The average molecular weight is 423 g/mol. The molecular formula is C24H27BFNO4. The third-order valence-corrected chi connectivity index (χ3v) is 5.25. The molecule has 0 aliphatic carbocycles. The Bertz CT molecular complexity index is 1060. The minimum atomic E-state index is -1.25. The molecule has 7 heteroatoms. The molecule has 0 saturated heterocycles. The summed E-state index contributed by atoms with van der Waals surface area (Å²) in [6.45, 7) is 11.1. The van der Waals surface area contributed by atoms with Gasteiger partial charge in [0.1, 0.15) is 0 Å². The lowest BCUT2D eigenvalue weighted by atomic mass is 9.90. The lowest BCUT2D eigenvalue weighted by molar-refractivity contribution is -0.136. The molecule has 1 aromatic heterocycles. The van der Waals surface area contributed by atoms with Crippen LogP contribution in [-0.2, 0) is 11.2 Å². The molecule has 0 atom stereocenters. The number of allylic oxidation sites excluding steroid dienone is 4. The lowest BCUT2D eigenvalue weighted by Crippen LogP contribution is -2.17. The number of benzene rings is 1. The predicted molar refractivity (Wildman–Crippen MR) is 123 cm³/mol. The first-order valence-electron chi connectivity index (χ1n) is 9.98. The van der Waals surface area contributed by atoms with E-state index in [-0.39, 0.29) is 12.0 Å². The molecule has 0 saturated carbocycles. The molecule has 1 aromatic carbocycles. The molecule has 0 aliphatic rings. The Hall–Kier alpha value is -3.35. The summed E-state index contributed by atoms with van der Waals surface area (Å²) in [7, 11) is -1.25. The van der Waals surface area contributed by atoms with Crippen LogP contribution in [0.25, 0.3) is 11.6 Å². The molecular weight excluding hydrogens is 396 g/mol. The Morgan fingerprint density at radius 2 is 1.71 bits per heavy atom. The Morgan fingerprint density at radius 1 is 1.13 bits per heavy atom. The molecule has 0 radical (unpaired) electrons. The lowest BCUT2D eigenvalue weighted by Gasteiger charge is -2.09. The molecule has 0 bridgehead atoms. The molecule has 0 spiro atoms. The van der Waals surface area contributed by atoms with Gasteiger partial charge in [-0.3, -0.25) is 4.79 Å². The molecule has 31 heavy (non-hydrogen) atoms. The summed E-state index contributed by atoms with van der Waals surface area (Å²) in [6.07, 6.45) is 5.90. The van der Waals surface area contributed by atoms with E-state index in [1.54, 1.807) is 16.6 Å². The van der Waals surface area contributed by atoms with Gasteiger partial charge in [-0.2, -0.15) is 0 Å². The van der Waals surface area contributed by atoms with E-state index in [0.717, 1.165) is 28.0 Å². The highest BCUT2D eigenvalue weighted by Gasteiger charge is 2.22. The maximum atomic E-state index is 14.4. The number of hydrogen-bond acceptors (Lipinski definition) is 2. The maximum absolute atomic E-state index is 14.4. The Kier molecular flexibility index (Phi) is 7.80. The van der Waals surface area contributed by atoms with Crippen LogP contribution in [0.2, 0.25) is 6.82 Å². The van der Waals surface area contributed by atoms with Crippen LogP contribution in [0.1, 0.15) is 51.8 Å². The number of carboxylic acids is 2. The fourth-order valence-electron chi connectivity index (χ4n) is 3.59. The van der Waals surface area contributed by atoms with Crippen molar-refractivity contribution in [1.82, 2.24) is 4.48 Å². The molecule has 2 aromatic rings. The number of nitrogens with zero attached hydrogens (tertiary/aromatic N) is 1. The Balaban J connectivity index is 2.31. The number of aromatic nitrogens is 1. The standard InChI is InChI=1S/C24H27BFNO4/c1-15(6-7-16(2)19-8-10-20(11-9-19)24(30)31)14-22-17(3)21(12-13-23(28)29)18(4)27(22)25(5)26/h6-11,14H,2,12-13H2,1,3-5H3,(H,28,29)(H,30,31)/b7-6-,15-14+. The zero-order chi connectivity index (χ0) is 23.3. The zero-order valence-electron chi connectivity index (χ0n) is 18.3. The van der Waals surface area contributed by atoms with Crippen molar-refractivity contribution in [3.63, 3.8) is 0 Å². The third kappa shape index (κ3) is 5.84. The van der Waals surface area contributed by atoms with Gasteiger partial charge in [0.15, 0.2) is 0 Å². The molecule has 0 aliphatic heterocycles. The molecule has 0 fully saturated rings. The number of halogens is 1. The van der Waals surface area contributed by atoms with Gasteiger partial charge in [0, 0.05) is 17.8 Å². The van der Waals surface area contributed by atoms with Crippen LogP contribution < -0.4 is 0 Å². The van der Waals surface area contributed by atoms with Crippen LogP contribution in [0.3, 0.4) is 0 Å². The summed E-state index contributed by atoms with van der Waals surface area (Å²) >= 11 is 0. The summed E-state index contributed by atoms with van der Waals surface area (Å²) in [5.74, 6) is -1.86. The van der Waals surface area contributed by atoms with Crippen molar-refractivity contribution in [2.45, 2.75) is 40.4 Å². The second kappa shape index (κ2) is 10.1. The first kappa shape index (κ1) is 23.9. The van der Waals surface area contributed by atoms with E-state index in [0.29, 0.717) is 17.7 Å². The van der Waals surface area contributed by atoms with Gasteiger partial charge in [-0.25, -0.2) is 4.79 Å². The van der Waals surface area contributed by atoms with Crippen molar-refractivity contribution >= 4 is 30.7 Å². The van der Waals surface area contributed by atoms with E-state index in [1.807, 2.05) is 39.0 Å². The highest BCUT2D eigenvalue weighted by atomic mass is 19.1. The number of aliphatic carboxylic acids is 1. The van der Waals surface area contributed by atoms with Crippen molar-refractivity contribution in [2.24, 2.45) is 0 Å². The fraction of sp³-hybridized carbons (Fsp3) is 0.250. The molecule has 0 unspecified atom stereocenters. The molecule has 162 valence electrons.